The smallest absolute Gasteiger partial charge is 0.286 e. The van der Waals surface area contributed by atoms with Crippen LogP contribution in [0.3, 0.4) is 0 Å². The quantitative estimate of drug-likeness (QED) is 0.733. The first-order valence-electron chi connectivity index (χ1n) is 8.93. The lowest BCUT2D eigenvalue weighted by atomic mass is 9.96. The van der Waals surface area contributed by atoms with Crippen molar-refractivity contribution in [2.75, 3.05) is 6.61 Å². The molecule has 2 N–H and O–H groups in total. The van der Waals surface area contributed by atoms with Crippen LogP contribution in [0.4, 0.5) is 9.18 Å². The number of nitrogens with one attached hydrogen (secondary N) is 1. The van der Waals surface area contributed by atoms with E-state index in [9.17, 15) is 19.1 Å². The van der Waals surface area contributed by atoms with Crippen molar-refractivity contribution in [1.29, 1.82) is 0 Å². The molecule has 2 atom stereocenters. The Morgan fingerprint density at radius 3 is 2.54 bits per heavy atom. The minimum Gasteiger partial charge on any atom is -0.491 e. The summed E-state index contributed by atoms with van der Waals surface area (Å²) in [5.74, 6) is 0.307. The zero-order valence-electron chi connectivity index (χ0n) is 15.6. The van der Waals surface area contributed by atoms with Crippen LogP contribution in [0.25, 0.3) is 0 Å². The van der Waals surface area contributed by atoms with Gasteiger partial charge in [0.15, 0.2) is 0 Å². The second-order valence-corrected chi connectivity index (χ2v) is 8.33. The van der Waals surface area contributed by atoms with Gasteiger partial charge in [0.1, 0.15) is 24.1 Å². The molecule has 0 saturated carbocycles. The van der Waals surface area contributed by atoms with Gasteiger partial charge in [-0.25, -0.2) is 4.39 Å². The molecule has 28 heavy (non-hydrogen) atoms. The van der Waals surface area contributed by atoms with Gasteiger partial charge in [-0.3, -0.25) is 14.9 Å². The third kappa shape index (κ3) is 5.11. The number of carbonyl (C=O) groups excluding carboxylic acids is 2. The van der Waals surface area contributed by atoms with Crippen LogP contribution in [0.15, 0.2) is 48.5 Å². The SMILES string of the molecule is CC(C)(F)c1cccc(C(O)COc2ccc(CC3SC(=O)NC3=O)cc2)c1. The number of imide groups is 1. The minimum atomic E-state index is -1.48. The maximum absolute atomic E-state index is 14.1. The highest BCUT2D eigenvalue weighted by Crippen LogP contribution is 2.27. The fourth-order valence-electron chi connectivity index (χ4n) is 2.85. The highest BCUT2D eigenvalue weighted by atomic mass is 32.2. The van der Waals surface area contributed by atoms with Gasteiger partial charge in [0.2, 0.25) is 5.91 Å². The molecule has 1 fully saturated rings. The Morgan fingerprint density at radius 2 is 1.93 bits per heavy atom. The molecule has 2 amide bonds. The average molecular weight is 403 g/mol. The van der Waals surface area contributed by atoms with Crippen LogP contribution in [-0.2, 0) is 16.9 Å². The maximum atomic E-state index is 14.1. The molecule has 0 spiro atoms. The molecule has 2 unspecified atom stereocenters. The number of rotatable bonds is 7. The summed E-state index contributed by atoms with van der Waals surface area (Å²) in [7, 11) is 0. The second-order valence-electron chi connectivity index (χ2n) is 7.16. The van der Waals surface area contributed by atoms with E-state index in [1.807, 2.05) is 12.1 Å². The summed E-state index contributed by atoms with van der Waals surface area (Å²) in [4.78, 5) is 22.8. The van der Waals surface area contributed by atoms with Gasteiger partial charge in [-0.05, 0) is 55.2 Å². The fourth-order valence-corrected chi connectivity index (χ4v) is 3.71. The molecule has 0 bridgehead atoms. The summed E-state index contributed by atoms with van der Waals surface area (Å²) < 4.78 is 19.7. The molecule has 0 aromatic heterocycles. The van der Waals surface area contributed by atoms with Crippen LogP contribution in [0, 0.1) is 0 Å². The zero-order chi connectivity index (χ0) is 20.3. The molecule has 148 valence electrons. The standard InChI is InChI=1S/C21H22FNO4S/c1-21(2,22)15-5-3-4-14(11-15)17(24)12-27-16-8-6-13(7-9-16)10-18-19(25)23-20(26)28-18/h3-9,11,17-18,24H,10,12H2,1-2H3,(H,23,25,26). The lowest BCUT2D eigenvalue weighted by Crippen LogP contribution is -2.25. The third-order valence-corrected chi connectivity index (χ3v) is 5.46. The van der Waals surface area contributed by atoms with Crippen LogP contribution >= 0.6 is 11.8 Å². The second kappa shape index (κ2) is 8.32. The topological polar surface area (TPSA) is 75.6 Å². The fraction of sp³-hybridized carbons (Fsp3) is 0.333. The number of ether oxygens (including phenoxy) is 1. The number of carbonyl (C=O) groups is 2. The van der Waals surface area contributed by atoms with E-state index < -0.39 is 17.0 Å². The number of benzene rings is 2. The van der Waals surface area contributed by atoms with Gasteiger partial charge >= 0.3 is 0 Å². The van der Waals surface area contributed by atoms with Crippen molar-refractivity contribution in [3.8, 4) is 5.75 Å². The van der Waals surface area contributed by atoms with E-state index in [2.05, 4.69) is 5.32 Å². The molecular formula is C21H22FNO4S. The number of thioether (sulfide) groups is 1. The minimum absolute atomic E-state index is 0.0326. The van der Waals surface area contributed by atoms with Crippen molar-refractivity contribution >= 4 is 22.9 Å². The van der Waals surface area contributed by atoms with E-state index >= 15 is 0 Å². The van der Waals surface area contributed by atoms with E-state index in [1.165, 1.54) is 13.8 Å². The van der Waals surface area contributed by atoms with Crippen molar-refractivity contribution in [3.05, 3.63) is 65.2 Å². The van der Waals surface area contributed by atoms with Gasteiger partial charge in [-0.15, -0.1) is 0 Å². The summed E-state index contributed by atoms with van der Waals surface area (Å²) in [6.07, 6.45) is -0.427. The number of hydrogen-bond donors (Lipinski definition) is 2. The molecule has 0 radical (unpaired) electrons. The number of hydrogen-bond acceptors (Lipinski definition) is 5. The van der Waals surface area contributed by atoms with Crippen molar-refractivity contribution in [1.82, 2.24) is 5.32 Å². The van der Waals surface area contributed by atoms with E-state index in [-0.39, 0.29) is 17.8 Å². The summed E-state index contributed by atoms with van der Waals surface area (Å²) in [6.45, 7) is 2.98. The highest BCUT2D eigenvalue weighted by molar-refractivity contribution is 8.15. The Labute approximate surface area is 167 Å². The largest absolute Gasteiger partial charge is 0.491 e. The number of aliphatic hydroxyl groups excluding tert-OH is 1. The number of halogens is 1. The molecule has 7 heteroatoms. The van der Waals surface area contributed by atoms with E-state index in [0.717, 1.165) is 17.3 Å². The Kier molecular flexibility index (Phi) is 6.05. The van der Waals surface area contributed by atoms with Crippen molar-refractivity contribution in [2.45, 2.75) is 37.3 Å². The summed E-state index contributed by atoms with van der Waals surface area (Å²) >= 11 is 0.997. The first-order chi connectivity index (χ1) is 13.2. The predicted octanol–water partition coefficient (Wildman–Crippen LogP) is 3.90. The molecule has 2 aromatic carbocycles. The monoisotopic (exact) mass is 403 g/mol. The number of alkyl halides is 1. The lowest BCUT2D eigenvalue weighted by Gasteiger charge is -2.18. The summed E-state index contributed by atoms with van der Waals surface area (Å²) in [6, 6.07) is 13.9. The van der Waals surface area contributed by atoms with Crippen LogP contribution in [0.5, 0.6) is 5.75 Å². The van der Waals surface area contributed by atoms with Gasteiger partial charge in [0.05, 0.1) is 5.25 Å². The first kappa shape index (κ1) is 20.4. The molecular weight excluding hydrogens is 381 g/mol. The normalized spacial score (nSPS) is 18.1. The molecule has 5 nitrogen and oxygen atoms in total. The third-order valence-electron chi connectivity index (χ3n) is 4.48. The molecule has 2 aromatic rings. The molecule has 1 saturated heterocycles. The van der Waals surface area contributed by atoms with Crippen LogP contribution in [0.1, 0.15) is 36.6 Å². The average Bonchev–Trinajstić information content (AvgIpc) is 2.97. The Hall–Kier alpha value is -2.38. The van der Waals surface area contributed by atoms with Crippen LogP contribution in [0.2, 0.25) is 0 Å². The van der Waals surface area contributed by atoms with Gasteiger partial charge in [-0.2, -0.15) is 0 Å². The van der Waals surface area contributed by atoms with Crippen molar-refractivity contribution in [2.24, 2.45) is 0 Å². The molecule has 3 rings (SSSR count). The van der Waals surface area contributed by atoms with E-state index in [0.29, 0.717) is 23.3 Å². The lowest BCUT2D eigenvalue weighted by molar-refractivity contribution is -0.118. The number of aliphatic hydroxyl groups is 1. The Balaban J connectivity index is 1.56. The van der Waals surface area contributed by atoms with Gasteiger partial charge in [0, 0.05) is 0 Å². The Bertz CT molecular complexity index is 863. The first-order valence-corrected chi connectivity index (χ1v) is 9.81. The van der Waals surface area contributed by atoms with E-state index in [4.69, 9.17) is 4.74 Å². The van der Waals surface area contributed by atoms with Gasteiger partial charge in [0.25, 0.3) is 5.24 Å². The van der Waals surface area contributed by atoms with Crippen LogP contribution < -0.4 is 10.1 Å². The number of amides is 2. The molecule has 0 aliphatic carbocycles. The molecule has 1 heterocycles. The summed E-state index contributed by atoms with van der Waals surface area (Å²) in [5.41, 5.74) is 0.522. The highest BCUT2D eigenvalue weighted by Gasteiger charge is 2.31. The predicted molar refractivity (Wildman–Crippen MR) is 106 cm³/mol. The Morgan fingerprint density at radius 1 is 1.21 bits per heavy atom. The zero-order valence-corrected chi connectivity index (χ0v) is 16.5. The summed E-state index contributed by atoms with van der Waals surface area (Å²) in [5, 5.41) is 11.9. The van der Waals surface area contributed by atoms with Crippen molar-refractivity contribution in [3.63, 3.8) is 0 Å². The van der Waals surface area contributed by atoms with Crippen molar-refractivity contribution < 1.29 is 23.8 Å². The van der Waals surface area contributed by atoms with Gasteiger partial charge < -0.3 is 9.84 Å². The maximum Gasteiger partial charge on any atom is 0.286 e. The molecule has 1 aliphatic rings. The van der Waals surface area contributed by atoms with E-state index in [1.54, 1.807) is 36.4 Å². The van der Waals surface area contributed by atoms with Gasteiger partial charge in [-0.1, -0.05) is 42.1 Å². The molecule has 1 aliphatic heterocycles. The van der Waals surface area contributed by atoms with Crippen LogP contribution in [-0.4, -0.2) is 28.1 Å².